The van der Waals surface area contributed by atoms with Gasteiger partial charge in [0.05, 0.1) is 9.21 Å². The van der Waals surface area contributed by atoms with Crippen LogP contribution in [0.3, 0.4) is 0 Å². The smallest absolute Gasteiger partial charge is 0.264 e. The van der Waals surface area contributed by atoms with Crippen LogP contribution in [0.1, 0.15) is 16.1 Å². The Labute approximate surface area is 122 Å². The number of nitrogens with one attached hydrogen (secondary N) is 1. The van der Waals surface area contributed by atoms with Gasteiger partial charge in [-0.3, -0.25) is 9.69 Å². The van der Waals surface area contributed by atoms with E-state index in [1.807, 2.05) is 11.0 Å². The van der Waals surface area contributed by atoms with Crippen molar-refractivity contribution in [1.82, 2.24) is 15.1 Å². The largest absolute Gasteiger partial charge is 0.335 e. The third-order valence-electron chi connectivity index (χ3n) is 3.94. The van der Waals surface area contributed by atoms with E-state index in [0.29, 0.717) is 10.4 Å². The molecule has 1 aromatic heterocycles. The Bertz CT molecular complexity index is 450. The van der Waals surface area contributed by atoms with Crippen molar-refractivity contribution < 1.29 is 4.79 Å². The van der Waals surface area contributed by atoms with Gasteiger partial charge in [-0.1, -0.05) is 11.6 Å². The summed E-state index contributed by atoms with van der Waals surface area (Å²) in [5.74, 6) is 0.126. The minimum absolute atomic E-state index is 0.126. The quantitative estimate of drug-likeness (QED) is 0.899. The van der Waals surface area contributed by atoms with Crippen LogP contribution in [0.2, 0.25) is 4.34 Å². The average Bonchev–Trinajstić information content (AvgIpc) is 3.09. The van der Waals surface area contributed by atoms with E-state index in [1.54, 1.807) is 6.07 Å². The average molecular weight is 300 g/mol. The van der Waals surface area contributed by atoms with Crippen LogP contribution >= 0.6 is 22.9 Å². The first-order chi connectivity index (χ1) is 9.24. The summed E-state index contributed by atoms with van der Waals surface area (Å²) in [5, 5.41) is 3.40. The summed E-state index contributed by atoms with van der Waals surface area (Å²) >= 11 is 7.25. The first-order valence-corrected chi connectivity index (χ1v) is 7.93. The number of hydrogen-bond acceptors (Lipinski definition) is 4. The zero-order chi connectivity index (χ0) is 13.2. The van der Waals surface area contributed by atoms with Gasteiger partial charge in [-0.2, -0.15) is 0 Å². The molecule has 2 fully saturated rings. The molecular weight excluding hydrogens is 282 g/mol. The number of rotatable bonds is 2. The van der Waals surface area contributed by atoms with Gasteiger partial charge in [0.2, 0.25) is 0 Å². The maximum atomic E-state index is 12.3. The van der Waals surface area contributed by atoms with Gasteiger partial charge < -0.3 is 10.2 Å². The van der Waals surface area contributed by atoms with Gasteiger partial charge in [0.1, 0.15) is 0 Å². The molecule has 1 N–H and O–H groups in total. The molecule has 1 atom stereocenters. The van der Waals surface area contributed by atoms with Crippen LogP contribution in [-0.4, -0.2) is 61.0 Å². The summed E-state index contributed by atoms with van der Waals surface area (Å²) in [5.41, 5.74) is 0. The predicted molar refractivity (Wildman–Crippen MR) is 78.1 cm³/mol. The van der Waals surface area contributed by atoms with E-state index >= 15 is 0 Å². The predicted octanol–water partition coefficient (Wildman–Crippen LogP) is 1.52. The van der Waals surface area contributed by atoms with E-state index in [4.69, 9.17) is 11.6 Å². The lowest BCUT2D eigenvalue weighted by Crippen LogP contribution is -2.52. The minimum atomic E-state index is 0.126. The van der Waals surface area contributed by atoms with Crippen molar-refractivity contribution in [1.29, 1.82) is 0 Å². The van der Waals surface area contributed by atoms with Gasteiger partial charge in [-0.25, -0.2) is 0 Å². The number of carbonyl (C=O) groups is 1. The Morgan fingerprint density at radius 3 is 2.68 bits per heavy atom. The van der Waals surface area contributed by atoms with Gasteiger partial charge in [0, 0.05) is 38.8 Å². The second kappa shape index (κ2) is 5.79. The number of hydrogen-bond donors (Lipinski definition) is 1. The van der Waals surface area contributed by atoms with Crippen molar-refractivity contribution in [2.75, 3.05) is 39.3 Å². The molecule has 0 radical (unpaired) electrons. The Balaban J connectivity index is 1.56. The van der Waals surface area contributed by atoms with Crippen LogP contribution in [-0.2, 0) is 0 Å². The lowest BCUT2D eigenvalue weighted by Gasteiger charge is -2.37. The normalized spacial score (nSPS) is 24.9. The fraction of sp³-hybridized carbons (Fsp3) is 0.615. The molecule has 1 aromatic rings. The van der Waals surface area contributed by atoms with Gasteiger partial charge in [0.15, 0.2) is 0 Å². The van der Waals surface area contributed by atoms with Crippen molar-refractivity contribution in [3.05, 3.63) is 21.3 Å². The molecule has 0 saturated carbocycles. The Hall–Kier alpha value is -0.620. The number of amides is 1. The molecule has 19 heavy (non-hydrogen) atoms. The SMILES string of the molecule is O=C(c1ccc(Cl)s1)N1CCN(C2CCNC2)CC1. The van der Waals surface area contributed by atoms with Crippen molar-refractivity contribution in [2.24, 2.45) is 0 Å². The fourth-order valence-corrected chi connectivity index (χ4v) is 3.84. The van der Waals surface area contributed by atoms with E-state index in [2.05, 4.69) is 10.2 Å². The molecule has 0 bridgehead atoms. The number of halogens is 1. The molecule has 2 aliphatic heterocycles. The highest BCUT2D eigenvalue weighted by molar-refractivity contribution is 7.17. The molecule has 1 amide bonds. The zero-order valence-electron chi connectivity index (χ0n) is 10.8. The van der Waals surface area contributed by atoms with E-state index in [-0.39, 0.29) is 5.91 Å². The van der Waals surface area contributed by atoms with E-state index in [0.717, 1.165) is 44.1 Å². The minimum Gasteiger partial charge on any atom is -0.335 e. The summed E-state index contributed by atoms with van der Waals surface area (Å²) < 4.78 is 0.680. The molecule has 1 unspecified atom stereocenters. The topological polar surface area (TPSA) is 35.6 Å². The van der Waals surface area contributed by atoms with Crippen LogP contribution in [0.4, 0.5) is 0 Å². The van der Waals surface area contributed by atoms with Crippen molar-refractivity contribution in [3.8, 4) is 0 Å². The zero-order valence-corrected chi connectivity index (χ0v) is 12.3. The molecule has 2 saturated heterocycles. The highest BCUT2D eigenvalue weighted by Gasteiger charge is 2.28. The number of piperazine rings is 1. The third kappa shape index (κ3) is 2.94. The summed E-state index contributed by atoms with van der Waals surface area (Å²) in [7, 11) is 0. The molecule has 3 rings (SSSR count). The fourth-order valence-electron chi connectivity index (χ4n) is 2.83. The molecule has 0 spiro atoms. The maximum absolute atomic E-state index is 12.3. The highest BCUT2D eigenvalue weighted by atomic mass is 35.5. The van der Waals surface area contributed by atoms with Crippen molar-refractivity contribution in [2.45, 2.75) is 12.5 Å². The maximum Gasteiger partial charge on any atom is 0.264 e. The van der Waals surface area contributed by atoms with E-state index in [9.17, 15) is 4.79 Å². The summed E-state index contributed by atoms with van der Waals surface area (Å²) in [6, 6.07) is 4.27. The first-order valence-electron chi connectivity index (χ1n) is 6.73. The Kier molecular flexibility index (Phi) is 4.07. The molecule has 3 heterocycles. The van der Waals surface area contributed by atoms with Crippen molar-refractivity contribution >= 4 is 28.8 Å². The first kappa shape index (κ1) is 13.4. The standard InChI is InChI=1S/C13H18ClN3OS/c14-12-2-1-11(19-12)13(18)17-7-5-16(6-8-17)10-3-4-15-9-10/h1-2,10,15H,3-9H2. The molecule has 4 nitrogen and oxygen atoms in total. The summed E-state index contributed by atoms with van der Waals surface area (Å²) in [6.07, 6.45) is 1.23. The second-order valence-electron chi connectivity index (χ2n) is 5.08. The van der Waals surface area contributed by atoms with Crippen LogP contribution in [0, 0.1) is 0 Å². The molecule has 0 aromatic carbocycles. The van der Waals surface area contributed by atoms with E-state index in [1.165, 1.54) is 17.8 Å². The number of carbonyl (C=O) groups excluding carboxylic acids is 1. The third-order valence-corrected chi connectivity index (χ3v) is 5.16. The van der Waals surface area contributed by atoms with Gasteiger partial charge >= 0.3 is 0 Å². The molecular formula is C13H18ClN3OS. The highest BCUT2D eigenvalue weighted by Crippen LogP contribution is 2.23. The molecule has 6 heteroatoms. The Morgan fingerprint density at radius 1 is 1.32 bits per heavy atom. The monoisotopic (exact) mass is 299 g/mol. The lowest BCUT2D eigenvalue weighted by molar-refractivity contribution is 0.0588. The lowest BCUT2D eigenvalue weighted by atomic mass is 10.2. The van der Waals surface area contributed by atoms with Crippen LogP contribution < -0.4 is 5.32 Å². The van der Waals surface area contributed by atoms with Crippen molar-refractivity contribution in [3.63, 3.8) is 0 Å². The summed E-state index contributed by atoms with van der Waals surface area (Å²) in [4.78, 5) is 17.5. The van der Waals surface area contributed by atoms with Crippen LogP contribution in [0.25, 0.3) is 0 Å². The number of thiophene rings is 1. The van der Waals surface area contributed by atoms with E-state index < -0.39 is 0 Å². The van der Waals surface area contributed by atoms with Gasteiger partial charge in [-0.15, -0.1) is 11.3 Å². The second-order valence-corrected chi connectivity index (χ2v) is 6.79. The summed E-state index contributed by atoms with van der Waals surface area (Å²) in [6.45, 7) is 5.83. The molecule has 104 valence electrons. The van der Waals surface area contributed by atoms with Gasteiger partial charge in [-0.05, 0) is 25.1 Å². The Morgan fingerprint density at radius 2 is 2.11 bits per heavy atom. The van der Waals surface area contributed by atoms with Crippen LogP contribution in [0.5, 0.6) is 0 Å². The molecule has 0 aliphatic carbocycles. The number of nitrogens with zero attached hydrogens (tertiary/aromatic N) is 2. The van der Waals surface area contributed by atoms with Gasteiger partial charge in [0.25, 0.3) is 5.91 Å². The van der Waals surface area contributed by atoms with Crippen LogP contribution in [0.15, 0.2) is 12.1 Å². The molecule has 2 aliphatic rings.